The first-order valence-electron chi connectivity index (χ1n) is 9.26. The van der Waals surface area contributed by atoms with Crippen LogP contribution in [-0.2, 0) is 20.9 Å². The predicted octanol–water partition coefficient (Wildman–Crippen LogP) is 4.40. The first-order chi connectivity index (χ1) is 14.1. The number of hydrogen-bond acceptors (Lipinski definition) is 5. The standard InChI is InChI=1S/C21H21FN2O3S2/c1-2-27-20(26)14-24-17-6-3-4-7-18(17)29-21(24)23-19(25)8-5-13-28-16-11-9-15(22)10-12-16/h3-4,6-7,9-12H,2,5,8,13-14H2,1H3. The van der Waals surface area contributed by atoms with Crippen LogP contribution < -0.4 is 4.80 Å². The van der Waals surface area contributed by atoms with E-state index in [1.807, 2.05) is 24.3 Å². The van der Waals surface area contributed by atoms with E-state index in [2.05, 4.69) is 4.99 Å². The summed E-state index contributed by atoms with van der Waals surface area (Å²) < 4.78 is 20.6. The Labute approximate surface area is 176 Å². The lowest BCUT2D eigenvalue weighted by atomic mass is 10.3. The van der Waals surface area contributed by atoms with Gasteiger partial charge in [-0.3, -0.25) is 9.59 Å². The smallest absolute Gasteiger partial charge is 0.326 e. The van der Waals surface area contributed by atoms with Gasteiger partial charge in [0.25, 0.3) is 0 Å². The number of aromatic nitrogens is 1. The molecule has 0 saturated carbocycles. The van der Waals surface area contributed by atoms with Crippen LogP contribution in [0.25, 0.3) is 10.2 Å². The molecule has 2 aromatic carbocycles. The summed E-state index contributed by atoms with van der Waals surface area (Å²) in [5.41, 5.74) is 0.851. The number of halogens is 1. The van der Waals surface area contributed by atoms with E-state index in [1.165, 1.54) is 23.5 Å². The van der Waals surface area contributed by atoms with Crippen LogP contribution >= 0.6 is 23.1 Å². The molecule has 5 nitrogen and oxygen atoms in total. The molecular weight excluding hydrogens is 411 g/mol. The van der Waals surface area contributed by atoms with Gasteiger partial charge in [-0.25, -0.2) is 4.39 Å². The molecule has 0 fully saturated rings. The number of carbonyl (C=O) groups excluding carboxylic acids is 2. The van der Waals surface area contributed by atoms with Crippen LogP contribution in [0.3, 0.4) is 0 Å². The fraction of sp³-hybridized carbons (Fsp3) is 0.286. The highest BCUT2D eigenvalue weighted by molar-refractivity contribution is 7.99. The maximum Gasteiger partial charge on any atom is 0.326 e. The lowest BCUT2D eigenvalue weighted by Crippen LogP contribution is -2.23. The highest BCUT2D eigenvalue weighted by Crippen LogP contribution is 2.20. The summed E-state index contributed by atoms with van der Waals surface area (Å²) in [6.07, 6.45) is 0.967. The van der Waals surface area contributed by atoms with E-state index in [-0.39, 0.29) is 24.2 Å². The molecule has 3 rings (SSSR count). The van der Waals surface area contributed by atoms with Gasteiger partial charge in [0.1, 0.15) is 12.4 Å². The third-order valence-corrected chi connectivity index (χ3v) is 6.18. The highest BCUT2D eigenvalue weighted by atomic mass is 32.2. The molecule has 0 bridgehead atoms. The van der Waals surface area contributed by atoms with Gasteiger partial charge in [-0.1, -0.05) is 23.5 Å². The Morgan fingerprint density at radius 2 is 1.93 bits per heavy atom. The molecule has 0 spiro atoms. The average Bonchev–Trinajstić information content (AvgIpc) is 3.04. The zero-order valence-electron chi connectivity index (χ0n) is 16.0. The summed E-state index contributed by atoms with van der Waals surface area (Å²) in [5.74, 6) is -0.111. The zero-order valence-corrected chi connectivity index (χ0v) is 17.6. The first-order valence-corrected chi connectivity index (χ1v) is 11.1. The van der Waals surface area contributed by atoms with E-state index in [4.69, 9.17) is 4.74 Å². The van der Waals surface area contributed by atoms with Gasteiger partial charge < -0.3 is 9.30 Å². The molecule has 3 aromatic rings. The molecule has 29 heavy (non-hydrogen) atoms. The van der Waals surface area contributed by atoms with Crippen LogP contribution in [0.4, 0.5) is 4.39 Å². The fourth-order valence-electron chi connectivity index (χ4n) is 2.70. The van der Waals surface area contributed by atoms with Crippen molar-refractivity contribution in [2.24, 2.45) is 4.99 Å². The van der Waals surface area contributed by atoms with Crippen molar-refractivity contribution >= 4 is 45.2 Å². The normalized spacial score (nSPS) is 11.7. The largest absolute Gasteiger partial charge is 0.465 e. The molecule has 1 amide bonds. The zero-order chi connectivity index (χ0) is 20.6. The number of amides is 1. The number of ether oxygens (including phenoxy) is 1. The number of thioether (sulfide) groups is 1. The Balaban J connectivity index is 1.67. The maximum absolute atomic E-state index is 12.9. The van der Waals surface area contributed by atoms with E-state index in [0.717, 1.165) is 20.9 Å². The van der Waals surface area contributed by atoms with Gasteiger partial charge in [-0.05, 0) is 55.5 Å². The number of benzene rings is 2. The van der Waals surface area contributed by atoms with Crippen molar-refractivity contribution in [3.05, 3.63) is 59.1 Å². The van der Waals surface area contributed by atoms with Crippen LogP contribution in [0, 0.1) is 5.82 Å². The van der Waals surface area contributed by atoms with Crippen molar-refractivity contribution in [2.75, 3.05) is 12.4 Å². The van der Waals surface area contributed by atoms with Gasteiger partial charge in [0.2, 0.25) is 5.91 Å². The second kappa shape index (κ2) is 10.4. The molecule has 1 aromatic heterocycles. The SMILES string of the molecule is CCOC(=O)Cn1c(=NC(=O)CCCSc2ccc(F)cc2)sc2ccccc21. The molecule has 0 aliphatic heterocycles. The van der Waals surface area contributed by atoms with Crippen LogP contribution in [0.5, 0.6) is 0 Å². The molecule has 0 N–H and O–H groups in total. The summed E-state index contributed by atoms with van der Waals surface area (Å²) in [4.78, 5) is 30.0. The number of nitrogens with zero attached hydrogens (tertiary/aromatic N) is 2. The van der Waals surface area contributed by atoms with E-state index in [9.17, 15) is 14.0 Å². The molecule has 0 aliphatic rings. The monoisotopic (exact) mass is 432 g/mol. The number of carbonyl (C=O) groups is 2. The molecular formula is C21H21FN2O3S2. The van der Waals surface area contributed by atoms with Crippen LogP contribution in [0.2, 0.25) is 0 Å². The van der Waals surface area contributed by atoms with E-state index >= 15 is 0 Å². The summed E-state index contributed by atoms with van der Waals surface area (Å²) in [5, 5.41) is 0. The van der Waals surface area contributed by atoms with Crippen molar-refractivity contribution < 1.29 is 18.7 Å². The average molecular weight is 433 g/mol. The summed E-state index contributed by atoms with van der Waals surface area (Å²) >= 11 is 2.95. The van der Waals surface area contributed by atoms with Crippen molar-refractivity contribution in [1.29, 1.82) is 0 Å². The number of esters is 1. The van der Waals surface area contributed by atoms with Crippen molar-refractivity contribution in [3.63, 3.8) is 0 Å². The van der Waals surface area contributed by atoms with Crippen molar-refractivity contribution in [1.82, 2.24) is 4.57 Å². The third kappa shape index (κ3) is 6.01. The number of rotatable bonds is 8. The topological polar surface area (TPSA) is 60.7 Å². The molecule has 0 unspecified atom stereocenters. The molecule has 0 radical (unpaired) electrons. The predicted molar refractivity (Wildman–Crippen MR) is 113 cm³/mol. The van der Waals surface area contributed by atoms with Crippen LogP contribution in [0.15, 0.2) is 58.4 Å². The van der Waals surface area contributed by atoms with Gasteiger partial charge in [0.05, 0.1) is 16.8 Å². The maximum atomic E-state index is 12.9. The molecule has 0 aliphatic carbocycles. The van der Waals surface area contributed by atoms with Crippen LogP contribution in [0.1, 0.15) is 19.8 Å². The van der Waals surface area contributed by atoms with Gasteiger partial charge >= 0.3 is 5.97 Å². The Morgan fingerprint density at radius 1 is 1.17 bits per heavy atom. The number of thiazole rings is 1. The Bertz CT molecular complexity index is 1060. The molecule has 152 valence electrons. The van der Waals surface area contributed by atoms with Gasteiger partial charge in [0, 0.05) is 11.3 Å². The van der Waals surface area contributed by atoms with E-state index in [1.54, 1.807) is 35.4 Å². The lowest BCUT2D eigenvalue weighted by molar-refractivity contribution is -0.143. The van der Waals surface area contributed by atoms with Crippen LogP contribution in [-0.4, -0.2) is 28.8 Å². The van der Waals surface area contributed by atoms with Crippen molar-refractivity contribution in [3.8, 4) is 0 Å². The first kappa shape index (κ1) is 21.3. The molecule has 0 saturated heterocycles. The second-order valence-corrected chi connectivity index (χ2v) is 8.33. The Hall–Kier alpha value is -2.45. The number of para-hydroxylation sites is 1. The summed E-state index contributed by atoms with van der Waals surface area (Å²) in [6.45, 7) is 2.08. The summed E-state index contributed by atoms with van der Waals surface area (Å²) in [6, 6.07) is 13.9. The minimum absolute atomic E-state index is 0.0182. The Kier molecular flexibility index (Phi) is 7.60. The summed E-state index contributed by atoms with van der Waals surface area (Å²) in [7, 11) is 0. The number of fused-ring (bicyclic) bond motifs is 1. The fourth-order valence-corrected chi connectivity index (χ4v) is 4.60. The van der Waals surface area contributed by atoms with Gasteiger partial charge in [0.15, 0.2) is 4.80 Å². The lowest BCUT2D eigenvalue weighted by Gasteiger charge is -2.05. The second-order valence-electron chi connectivity index (χ2n) is 6.16. The van der Waals surface area contributed by atoms with Gasteiger partial charge in [-0.15, -0.1) is 11.8 Å². The van der Waals surface area contributed by atoms with E-state index in [0.29, 0.717) is 24.2 Å². The minimum Gasteiger partial charge on any atom is -0.465 e. The highest BCUT2D eigenvalue weighted by Gasteiger charge is 2.12. The quantitative estimate of drug-likeness (QED) is 0.301. The Morgan fingerprint density at radius 3 is 2.69 bits per heavy atom. The van der Waals surface area contributed by atoms with E-state index < -0.39 is 0 Å². The molecule has 0 atom stereocenters. The molecule has 1 heterocycles. The number of hydrogen-bond donors (Lipinski definition) is 0. The van der Waals surface area contributed by atoms with Crippen molar-refractivity contribution in [2.45, 2.75) is 31.2 Å². The third-order valence-electron chi connectivity index (χ3n) is 4.02. The van der Waals surface area contributed by atoms with Gasteiger partial charge in [-0.2, -0.15) is 4.99 Å². The minimum atomic E-state index is -0.361. The molecule has 8 heteroatoms.